The fourth-order valence-electron chi connectivity index (χ4n) is 1.82. The van der Waals surface area contributed by atoms with Gasteiger partial charge in [-0.15, -0.1) is 0 Å². The molecule has 0 saturated heterocycles. The number of halogens is 1. The van der Waals surface area contributed by atoms with E-state index in [0.29, 0.717) is 5.69 Å². The highest BCUT2D eigenvalue weighted by Crippen LogP contribution is 2.20. The molecule has 0 saturated carbocycles. The third-order valence-corrected chi connectivity index (χ3v) is 3.46. The van der Waals surface area contributed by atoms with Gasteiger partial charge < -0.3 is 4.74 Å². The van der Waals surface area contributed by atoms with Crippen LogP contribution < -0.4 is 5.32 Å². The zero-order chi connectivity index (χ0) is 16.2. The average molecular weight is 363 g/mol. The average Bonchev–Trinajstić information content (AvgIpc) is 2.46. The van der Waals surface area contributed by atoms with Gasteiger partial charge in [0.15, 0.2) is 0 Å². The van der Waals surface area contributed by atoms with Crippen LogP contribution in [0.1, 0.15) is 26.3 Å². The molecule has 1 aromatic carbocycles. The number of nitrogens with one attached hydrogen (secondary N) is 1. The van der Waals surface area contributed by atoms with Crippen LogP contribution in [0.15, 0.2) is 42.6 Å². The lowest BCUT2D eigenvalue weighted by molar-refractivity contribution is 0.0636. The quantitative estimate of drug-likeness (QED) is 0.782. The topological polar surface area (TPSA) is 51.2 Å². The molecule has 0 radical (unpaired) electrons. The van der Waals surface area contributed by atoms with Gasteiger partial charge in [0, 0.05) is 10.9 Å². The number of ether oxygens (including phenoxy) is 1. The first-order valence-corrected chi connectivity index (χ1v) is 8.11. The number of carbonyl (C=O) groups excluding carboxylic acids is 1. The predicted molar refractivity (Wildman–Crippen MR) is 92.2 cm³/mol. The van der Waals surface area contributed by atoms with E-state index in [1.54, 1.807) is 6.20 Å². The third kappa shape index (κ3) is 4.84. The monoisotopic (exact) mass is 362 g/mol. The van der Waals surface area contributed by atoms with Crippen LogP contribution >= 0.6 is 15.9 Å². The summed E-state index contributed by atoms with van der Waals surface area (Å²) >= 11 is 3.42. The van der Waals surface area contributed by atoms with Crippen LogP contribution in [0.25, 0.3) is 11.3 Å². The van der Waals surface area contributed by atoms with Crippen molar-refractivity contribution in [3.8, 4) is 11.3 Å². The Bertz CT molecular complexity index is 631. The summed E-state index contributed by atoms with van der Waals surface area (Å²) in [6.07, 6.45) is 1.14. The number of pyridine rings is 1. The SMILES string of the molecule is CC(C)(C)OC(=O)Nc1ccc(-c2ccc(CBr)cc2)nc1. The number of carbonyl (C=O) groups is 1. The molecule has 1 heterocycles. The summed E-state index contributed by atoms with van der Waals surface area (Å²) in [5, 5.41) is 3.50. The molecule has 0 spiro atoms. The summed E-state index contributed by atoms with van der Waals surface area (Å²) in [6, 6.07) is 11.8. The molecule has 0 aliphatic carbocycles. The van der Waals surface area contributed by atoms with Gasteiger partial charge >= 0.3 is 6.09 Å². The first kappa shape index (κ1) is 16.5. The van der Waals surface area contributed by atoms with Gasteiger partial charge in [0.25, 0.3) is 0 Å². The van der Waals surface area contributed by atoms with Crippen LogP contribution in [0, 0.1) is 0 Å². The molecule has 0 atom stereocenters. The van der Waals surface area contributed by atoms with Crippen molar-refractivity contribution in [2.24, 2.45) is 0 Å². The number of anilines is 1. The summed E-state index contributed by atoms with van der Waals surface area (Å²) in [5.74, 6) is 0. The van der Waals surface area contributed by atoms with Gasteiger partial charge in [-0.3, -0.25) is 10.3 Å². The van der Waals surface area contributed by atoms with E-state index in [-0.39, 0.29) is 0 Å². The Morgan fingerprint density at radius 2 is 1.86 bits per heavy atom. The lowest BCUT2D eigenvalue weighted by Crippen LogP contribution is -2.27. The Morgan fingerprint density at radius 3 is 2.36 bits per heavy atom. The third-order valence-electron chi connectivity index (χ3n) is 2.81. The zero-order valence-corrected chi connectivity index (χ0v) is 14.5. The number of hydrogen-bond donors (Lipinski definition) is 1. The van der Waals surface area contributed by atoms with Crippen LogP contribution in [0.4, 0.5) is 10.5 Å². The second-order valence-corrected chi connectivity index (χ2v) is 6.45. The van der Waals surface area contributed by atoms with Gasteiger partial charge in [-0.25, -0.2) is 4.79 Å². The van der Waals surface area contributed by atoms with Crippen molar-refractivity contribution in [2.75, 3.05) is 5.32 Å². The molecule has 1 aromatic heterocycles. The van der Waals surface area contributed by atoms with E-state index in [0.717, 1.165) is 16.6 Å². The van der Waals surface area contributed by atoms with Gasteiger partial charge in [0.05, 0.1) is 17.6 Å². The number of nitrogens with zero attached hydrogens (tertiary/aromatic N) is 1. The molecule has 0 aliphatic rings. The van der Waals surface area contributed by atoms with Crippen molar-refractivity contribution < 1.29 is 9.53 Å². The van der Waals surface area contributed by atoms with Gasteiger partial charge in [0.2, 0.25) is 0 Å². The number of alkyl halides is 1. The fourth-order valence-corrected chi connectivity index (χ4v) is 2.20. The van der Waals surface area contributed by atoms with E-state index in [4.69, 9.17) is 4.74 Å². The molecular weight excluding hydrogens is 344 g/mol. The van der Waals surface area contributed by atoms with E-state index in [9.17, 15) is 4.79 Å². The minimum Gasteiger partial charge on any atom is -0.444 e. The van der Waals surface area contributed by atoms with Crippen LogP contribution in [-0.2, 0) is 10.1 Å². The van der Waals surface area contributed by atoms with Crippen LogP contribution in [0.2, 0.25) is 0 Å². The second kappa shape index (κ2) is 6.92. The van der Waals surface area contributed by atoms with Gasteiger partial charge in [-0.05, 0) is 38.5 Å². The van der Waals surface area contributed by atoms with E-state index in [1.807, 2.05) is 45.0 Å². The smallest absolute Gasteiger partial charge is 0.412 e. The van der Waals surface area contributed by atoms with Crippen LogP contribution in [0.3, 0.4) is 0 Å². The standard InChI is InChI=1S/C17H19BrN2O2/c1-17(2,3)22-16(21)20-14-8-9-15(19-11-14)13-6-4-12(10-18)5-7-13/h4-9,11H,10H2,1-3H3,(H,20,21). The minimum atomic E-state index is -0.519. The van der Waals surface area contributed by atoms with Crippen molar-refractivity contribution in [2.45, 2.75) is 31.7 Å². The molecule has 0 fully saturated rings. The maximum Gasteiger partial charge on any atom is 0.412 e. The second-order valence-electron chi connectivity index (χ2n) is 5.89. The first-order valence-electron chi connectivity index (χ1n) is 6.99. The maximum atomic E-state index is 11.7. The van der Waals surface area contributed by atoms with Gasteiger partial charge in [-0.2, -0.15) is 0 Å². The predicted octanol–water partition coefficient (Wildman–Crippen LogP) is 4.99. The summed E-state index contributed by atoms with van der Waals surface area (Å²) in [4.78, 5) is 16.1. The van der Waals surface area contributed by atoms with Crippen molar-refractivity contribution in [1.82, 2.24) is 4.98 Å². The van der Waals surface area contributed by atoms with E-state index >= 15 is 0 Å². The highest BCUT2D eigenvalue weighted by atomic mass is 79.9. The molecular formula is C17H19BrN2O2. The van der Waals surface area contributed by atoms with Crippen molar-refractivity contribution in [3.63, 3.8) is 0 Å². The Hall–Kier alpha value is -1.88. The molecule has 116 valence electrons. The highest BCUT2D eigenvalue weighted by Gasteiger charge is 2.16. The molecule has 0 aliphatic heterocycles. The van der Waals surface area contributed by atoms with Crippen LogP contribution in [0.5, 0.6) is 0 Å². The molecule has 1 amide bonds. The van der Waals surface area contributed by atoms with E-state index in [1.165, 1.54) is 5.56 Å². The minimum absolute atomic E-state index is 0.483. The fraction of sp³-hybridized carbons (Fsp3) is 0.294. The van der Waals surface area contributed by atoms with Crippen molar-refractivity contribution in [3.05, 3.63) is 48.2 Å². The Labute approximate surface area is 139 Å². The molecule has 4 nitrogen and oxygen atoms in total. The number of hydrogen-bond acceptors (Lipinski definition) is 3. The normalized spacial score (nSPS) is 11.1. The molecule has 0 bridgehead atoms. The number of amides is 1. The molecule has 2 rings (SSSR count). The van der Waals surface area contributed by atoms with E-state index < -0.39 is 11.7 Å². The molecule has 22 heavy (non-hydrogen) atoms. The lowest BCUT2D eigenvalue weighted by Gasteiger charge is -2.19. The summed E-state index contributed by atoms with van der Waals surface area (Å²) < 4.78 is 5.20. The number of benzene rings is 1. The highest BCUT2D eigenvalue weighted by molar-refractivity contribution is 9.08. The van der Waals surface area contributed by atoms with Gasteiger partial charge in [-0.1, -0.05) is 40.2 Å². The molecule has 0 unspecified atom stereocenters. The Morgan fingerprint density at radius 1 is 1.18 bits per heavy atom. The summed E-state index contributed by atoms with van der Waals surface area (Å²) in [6.45, 7) is 5.47. The Balaban J connectivity index is 2.05. The van der Waals surface area contributed by atoms with Crippen molar-refractivity contribution >= 4 is 27.7 Å². The maximum absolute atomic E-state index is 11.7. The largest absolute Gasteiger partial charge is 0.444 e. The zero-order valence-electron chi connectivity index (χ0n) is 12.9. The van der Waals surface area contributed by atoms with E-state index in [2.05, 4.69) is 38.4 Å². The molecule has 1 N–H and O–H groups in total. The Kier molecular flexibility index (Phi) is 5.19. The lowest BCUT2D eigenvalue weighted by atomic mass is 10.1. The van der Waals surface area contributed by atoms with Crippen molar-refractivity contribution in [1.29, 1.82) is 0 Å². The van der Waals surface area contributed by atoms with Gasteiger partial charge in [0.1, 0.15) is 5.60 Å². The summed E-state index contributed by atoms with van der Waals surface area (Å²) in [5.41, 5.74) is 3.20. The van der Waals surface area contributed by atoms with Crippen LogP contribution in [-0.4, -0.2) is 16.7 Å². The number of aromatic nitrogens is 1. The molecule has 2 aromatic rings. The first-order chi connectivity index (χ1) is 10.4. The summed E-state index contributed by atoms with van der Waals surface area (Å²) in [7, 11) is 0. The molecule has 5 heteroatoms. The number of rotatable bonds is 3.